The van der Waals surface area contributed by atoms with E-state index in [0.29, 0.717) is 5.13 Å². The summed E-state index contributed by atoms with van der Waals surface area (Å²) in [4.78, 5) is 33.6. The minimum absolute atomic E-state index is 0.0334. The van der Waals surface area contributed by atoms with E-state index in [1.165, 1.54) is 24.2 Å². The molecule has 5 nitrogen and oxygen atoms in total. The number of thiophene rings is 1. The molecule has 0 bridgehead atoms. The van der Waals surface area contributed by atoms with Gasteiger partial charge in [-0.3, -0.25) is 14.5 Å². The number of thiazole rings is 1. The van der Waals surface area contributed by atoms with Gasteiger partial charge in [-0.05, 0) is 45.2 Å². The summed E-state index contributed by atoms with van der Waals surface area (Å²) in [5, 5.41) is 5.47. The fourth-order valence-corrected chi connectivity index (χ4v) is 5.21. The third kappa shape index (κ3) is 5.70. The average Bonchev–Trinajstić information content (AvgIpc) is 3.18. The van der Waals surface area contributed by atoms with Crippen molar-refractivity contribution in [2.75, 3.05) is 18.4 Å². The number of likely N-dealkylation sites (tertiary alicyclic amines) is 1. The zero-order valence-corrected chi connectivity index (χ0v) is 17.8. The van der Waals surface area contributed by atoms with Gasteiger partial charge >= 0.3 is 0 Å². The molecule has 7 heteroatoms. The lowest BCUT2D eigenvalue weighted by Crippen LogP contribution is -2.33. The Morgan fingerprint density at radius 3 is 2.85 bits per heavy atom. The fourth-order valence-electron chi connectivity index (χ4n) is 3.55. The van der Waals surface area contributed by atoms with E-state index in [9.17, 15) is 9.59 Å². The molecule has 0 aromatic carbocycles. The maximum absolute atomic E-state index is 12.3. The van der Waals surface area contributed by atoms with E-state index >= 15 is 0 Å². The fraction of sp³-hybridized carbons (Fsp3) is 0.550. The first-order valence-corrected chi connectivity index (χ1v) is 11.2. The van der Waals surface area contributed by atoms with Crippen molar-refractivity contribution < 1.29 is 9.59 Å². The molecule has 1 atom stereocenters. The Morgan fingerprint density at radius 1 is 1.33 bits per heavy atom. The van der Waals surface area contributed by atoms with Crippen molar-refractivity contribution in [3.8, 4) is 0 Å². The largest absolute Gasteiger partial charge is 0.302 e. The number of Topliss-reactive ketones (excluding diaryl/α,β-unsaturated/α-hetero) is 1. The lowest BCUT2D eigenvalue weighted by Gasteiger charge is -2.30. The van der Waals surface area contributed by atoms with Gasteiger partial charge in [0.15, 0.2) is 10.9 Å². The summed E-state index contributed by atoms with van der Waals surface area (Å²) >= 11 is 3.07. The minimum atomic E-state index is -0.152. The molecule has 1 fully saturated rings. The van der Waals surface area contributed by atoms with Crippen molar-refractivity contribution in [1.82, 2.24) is 9.88 Å². The van der Waals surface area contributed by atoms with Crippen molar-refractivity contribution in [3.63, 3.8) is 0 Å². The summed E-state index contributed by atoms with van der Waals surface area (Å²) in [6.07, 6.45) is 2.96. The number of nitrogens with one attached hydrogen (secondary N) is 1. The Hall–Kier alpha value is -1.57. The van der Waals surface area contributed by atoms with E-state index < -0.39 is 0 Å². The van der Waals surface area contributed by atoms with Gasteiger partial charge in [0.2, 0.25) is 5.91 Å². The Bertz CT molecular complexity index is 812. The van der Waals surface area contributed by atoms with Crippen molar-refractivity contribution in [1.29, 1.82) is 0 Å². The van der Waals surface area contributed by atoms with E-state index in [-0.39, 0.29) is 24.5 Å². The third-order valence-corrected chi connectivity index (χ3v) is 6.62. The summed E-state index contributed by atoms with van der Waals surface area (Å²) in [5.74, 6) is 0.622. The second kappa shape index (κ2) is 9.08. The van der Waals surface area contributed by atoms with Crippen LogP contribution in [0.5, 0.6) is 0 Å². The second-order valence-electron chi connectivity index (χ2n) is 7.42. The average molecular weight is 406 g/mol. The lowest BCUT2D eigenvalue weighted by atomic mass is 10.0. The van der Waals surface area contributed by atoms with Crippen LogP contribution < -0.4 is 5.32 Å². The van der Waals surface area contributed by atoms with E-state index in [2.05, 4.69) is 22.1 Å². The van der Waals surface area contributed by atoms with Crippen molar-refractivity contribution in [2.24, 2.45) is 5.92 Å². The Kier molecular flexibility index (Phi) is 6.78. The van der Waals surface area contributed by atoms with E-state index in [1.54, 1.807) is 11.3 Å². The van der Waals surface area contributed by atoms with Crippen molar-refractivity contribution >= 4 is 39.5 Å². The number of hydrogen-bond acceptors (Lipinski definition) is 6. The van der Waals surface area contributed by atoms with Crippen LogP contribution in [0.15, 0.2) is 11.4 Å². The van der Waals surface area contributed by atoms with Gasteiger partial charge in [0, 0.05) is 46.6 Å². The summed E-state index contributed by atoms with van der Waals surface area (Å²) in [6, 6.07) is 1.91. The van der Waals surface area contributed by atoms with Gasteiger partial charge in [-0.15, -0.1) is 22.7 Å². The van der Waals surface area contributed by atoms with Gasteiger partial charge in [-0.2, -0.15) is 0 Å². The number of ketones is 1. The van der Waals surface area contributed by atoms with Gasteiger partial charge in [-0.25, -0.2) is 4.98 Å². The van der Waals surface area contributed by atoms with E-state index in [4.69, 9.17) is 0 Å². The van der Waals surface area contributed by atoms with Gasteiger partial charge in [0.25, 0.3) is 0 Å². The van der Waals surface area contributed by atoms with Crippen LogP contribution in [-0.4, -0.2) is 34.7 Å². The lowest BCUT2D eigenvalue weighted by molar-refractivity contribution is -0.116. The molecule has 1 saturated heterocycles. The van der Waals surface area contributed by atoms with Crippen LogP contribution in [0.3, 0.4) is 0 Å². The zero-order valence-electron chi connectivity index (χ0n) is 16.2. The van der Waals surface area contributed by atoms with Crippen LogP contribution in [0.4, 0.5) is 5.13 Å². The molecular formula is C20H27N3O2S2. The molecule has 1 unspecified atom stereocenters. The number of anilines is 1. The molecule has 3 heterocycles. The highest BCUT2D eigenvalue weighted by Crippen LogP contribution is 2.23. The molecule has 0 aliphatic carbocycles. The van der Waals surface area contributed by atoms with Gasteiger partial charge in [0.05, 0.1) is 5.69 Å². The number of amides is 1. The number of nitrogens with zero attached hydrogens (tertiary/aromatic N) is 2. The molecule has 27 heavy (non-hydrogen) atoms. The zero-order chi connectivity index (χ0) is 19.4. The van der Waals surface area contributed by atoms with Crippen LogP contribution in [0.1, 0.15) is 58.4 Å². The second-order valence-corrected chi connectivity index (χ2v) is 9.74. The first-order chi connectivity index (χ1) is 12.9. The molecular weight excluding hydrogens is 378 g/mol. The number of hydrogen-bond donors (Lipinski definition) is 1. The third-order valence-electron chi connectivity index (χ3n) is 4.85. The molecule has 1 aliphatic heterocycles. The Morgan fingerprint density at radius 2 is 2.15 bits per heavy atom. The topological polar surface area (TPSA) is 62.3 Å². The molecule has 2 aromatic heterocycles. The number of aromatic nitrogens is 1. The number of aryl methyl sites for hydroxylation is 2. The molecule has 1 amide bonds. The van der Waals surface area contributed by atoms with Crippen LogP contribution in [0.25, 0.3) is 0 Å². The first-order valence-electron chi connectivity index (χ1n) is 9.47. The summed E-state index contributed by atoms with van der Waals surface area (Å²) in [6.45, 7) is 9.30. The first kappa shape index (κ1) is 20.2. The van der Waals surface area contributed by atoms with Crippen LogP contribution >= 0.6 is 22.7 Å². The van der Waals surface area contributed by atoms with Gasteiger partial charge < -0.3 is 5.32 Å². The molecule has 2 aromatic rings. The normalized spacial score (nSPS) is 17.8. The summed E-state index contributed by atoms with van der Waals surface area (Å²) in [5.41, 5.74) is 1.75. The van der Waals surface area contributed by atoms with Crippen LogP contribution in [0.2, 0.25) is 0 Å². The molecule has 3 rings (SSSR count). The minimum Gasteiger partial charge on any atom is -0.302 e. The SMILES string of the molecule is Cc1cc(C(=O)CCC(=O)Nc2nc(CN3CCCC(C)C3)cs2)c(C)s1. The number of piperidine rings is 1. The van der Waals surface area contributed by atoms with Crippen LogP contribution in [0, 0.1) is 19.8 Å². The van der Waals surface area contributed by atoms with E-state index in [0.717, 1.165) is 46.6 Å². The summed E-state index contributed by atoms with van der Waals surface area (Å²) in [7, 11) is 0. The molecule has 0 spiro atoms. The maximum atomic E-state index is 12.3. The molecule has 146 valence electrons. The number of rotatable bonds is 7. The predicted octanol–water partition coefficient (Wildman–Crippen LogP) is 4.65. The Labute approximate surface area is 168 Å². The smallest absolute Gasteiger partial charge is 0.226 e. The Balaban J connectivity index is 1.46. The highest BCUT2D eigenvalue weighted by Gasteiger charge is 2.18. The van der Waals surface area contributed by atoms with Crippen molar-refractivity contribution in [3.05, 3.63) is 32.5 Å². The number of carbonyl (C=O) groups excluding carboxylic acids is 2. The monoisotopic (exact) mass is 405 g/mol. The highest BCUT2D eigenvalue weighted by atomic mass is 32.1. The molecule has 0 saturated carbocycles. The molecule has 1 N–H and O–H groups in total. The standard InChI is InChI=1S/C20H27N3O2S2/c1-13-5-4-8-23(10-13)11-16-12-26-20(21-16)22-19(25)7-6-18(24)17-9-14(2)27-15(17)3/h9,12-13H,4-8,10-11H2,1-3H3,(H,21,22,25). The van der Waals surface area contributed by atoms with Crippen molar-refractivity contribution in [2.45, 2.75) is 53.0 Å². The van der Waals surface area contributed by atoms with Crippen LogP contribution in [-0.2, 0) is 11.3 Å². The highest BCUT2D eigenvalue weighted by molar-refractivity contribution is 7.14. The molecule has 1 aliphatic rings. The number of carbonyl (C=O) groups is 2. The van der Waals surface area contributed by atoms with E-state index in [1.807, 2.05) is 25.3 Å². The summed E-state index contributed by atoms with van der Waals surface area (Å²) < 4.78 is 0. The quantitative estimate of drug-likeness (QED) is 0.681. The predicted molar refractivity (Wildman–Crippen MR) is 112 cm³/mol. The molecule has 0 radical (unpaired) electrons. The van der Waals surface area contributed by atoms with Gasteiger partial charge in [0.1, 0.15) is 0 Å². The maximum Gasteiger partial charge on any atom is 0.226 e. The van der Waals surface area contributed by atoms with Gasteiger partial charge in [-0.1, -0.05) is 6.92 Å².